The summed E-state index contributed by atoms with van der Waals surface area (Å²) in [7, 11) is -2.86. The van der Waals surface area contributed by atoms with E-state index in [4.69, 9.17) is 0 Å². The fourth-order valence-corrected chi connectivity index (χ4v) is 5.31. The number of fused-ring (bicyclic) bond motifs is 2. The van der Waals surface area contributed by atoms with Crippen molar-refractivity contribution < 1.29 is 8.42 Å². The normalized spacial score (nSPS) is 14.9. The first-order valence-corrected chi connectivity index (χ1v) is 10.8. The van der Waals surface area contributed by atoms with E-state index in [1.54, 1.807) is 33.6 Å². The van der Waals surface area contributed by atoms with Crippen molar-refractivity contribution in [3.8, 4) is 0 Å². The van der Waals surface area contributed by atoms with Crippen molar-refractivity contribution in [1.29, 1.82) is 0 Å². The van der Waals surface area contributed by atoms with Crippen molar-refractivity contribution >= 4 is 21.6 Å². The van der Waals surface area contributed by atoms with Gasteiger partial charge in [-0.3, -0.25) is 0 Å². The predicted molar refractivity (Wildman–Crippen MR) is 100 cm³/mol. The minimum atomic E-state index is -1.43. The summed E-state index contributed by atoms with van der Waals surface area (Å²) in [4.78, 5) is 1.34. The molecule has 0 aliphatic carbocycles. The summed E-state index contributed by atoms with van der Waals surface area (Å²) in [5.41, 5.74) is 1.44. The molecule has 5 rings (SSSR count). The monoisotopic (exact) mass is 410 g/mol. The van der Waals surface area contributed by atoms with Crippen molar-refractivity contribution in [1.82, 2.24) is 30.0 Å². The van der Waals surface area contributed by atoms with E-state index in [-0.39, 0.29) is 0 Å². The molecule has 0 saturated carbocycles. The summed E-state index contributed by atoms with van der Waals surface area (Å²) in [6.07, 6.45) is 0. The molecule has 2 aromatic carbocycles. The van der Waals surface area contributed by atoms with Crippen LogP contribution in [0.4, 0.5) is 0 Å². The maximum atomic E-state index is 12.9. The SMILES string of the molecule is O=S(c1ccccc1)c1nnn2c1Cn1nnc(S(=O)c3ccccc3)c1C2. The molecule has 0 saturated heterocycles. The van der Waals surface area contributed by atoms with Gasteiger partial charge in [0.05, 0.1) is 24.5 Å². The molecular weight excluding hydrogens is 396 g/mol. The molecule has 2 aromatic heterocycles. The smallest absolute Gasteiger partial charge is 0.179 e. The lowest BCUT2D eigenvalue weighted by Gasteiger charge is -2.16. The van der Waals surface area contributed by atoms with E-state index in [2.05, 4.69) is 20.6 Å². The molecule has 140 valence electrons. The first kappa shape index (κ1) is 17.1. The quantitative estimate of drug-likeness (QED) is 0.447. The van der Waals surface area contributed by atoms with Crippen LogP contribution in [0.15, 0.2) is 80.5 Å². The van der Waals surface area contributed by atoms with Gasteiger partial charge in [0, 0.05) is 9.79 Å². The van der Waals surface area contributed by atoms with Crippen LogP contribution < -0.4 is 0 Å². The molecule has 0 N–H and O–H groups in total. The lowest BCUT2D eigenvalue weighted by molar-refractivity contribution is 0.487. The molecule has 2 atom stereocenters. The van der Waals surface area contributed by atoms with Gasteiger partial charge >= 0.3 is 0 Å². The molecule has 2 unspecified atom stereocenters. The number of hydrogen-bond acceptors (Lipinski definition) is 6. The fraction of sp³-hybridized carbons (Fsp3) is 0.111. The second-order valence-corrected chi connectivity index (χ2v) is 8.95. The summed E-state index contributed by atoms with van der Waals surface area (Å²) in [5.74, 6) is 0. The minimum Gasteiger partial charge on any atom is -0.247 e. The van der Waals surface area contributed by atoms with Gasteiger partial charge in [-0.15, -0.1) is 10.2 Å². The molecule has 8 nitrogen and oxygen atoms in total. The zero-order valence-electron chi connectivity index (χ0n) is 14.5. The third kappa shape index (κ3) is 2.81. The highest BCUT2D eigenvalue weighted by Crippen LogP contribution is 2.26. The highest BCUT2D eigenvalue weighted by Gasteiger charge is 2.29. The average molecular weight is 410 g/mol. The van der Waals surface area contributed by atoms with Crippen LogP contribution in [0.1, 0.15) is 11.4 Å². The van der Waals surface area contributed by atoms with Crippen molar-refractivity contribution in [2.24, 2.45) is 0 Å². The molecule has 4 aromatic rings. The van der Waals surface area contributed by atoms with Crippen LogP contribution in [0.5, 0.6) is 0 Å². The number of rotatable bonds is 4. The summed E-state index contributed by atoms with van der Waals surface area (Å²) in [5, 5.41) is 17.4. The molecule has 1 aliphatic heterocycles. The van der Waals surface area contributed by atoms with E-state index < -0.39 is 21.6 Å². The van der Waals surface area contributed by atoms with Gasteiger partial charge in [0.15, 0.2) is 10.1 Å². The van der Waals surface area contributed by atoms with E-state index in [0.717, 1.165) is 11.4 Å². The summed E-state index contributed by atoms with van der Waals surface area (Å²) < 4.78 is 29.1. The molecule has 10 heteroatoms. The van der Waals surface area contributed by atoms with Crippen LogP contribution in [0.2, 0.25) is 0 Å². The molecule has 0 spiro atoms. The van der Waals surface area contributed by atoms with E-state index in [1.165, 1.54) is 0 Å². The Morgan fingerprint density at radius 2 is 1.04 bits per heavy atom. The Morgan fingerprint density at radius 3 is 1.43 bits per heavy atom. The van der Waals surface area contributed by atoms with Gasteiger partial charge in [-0.2, -0.15) is 0 Å². The molecule has 0 fully saturated rings. The highest BCUT2D eigenvalue weighted by molar-refractivity contribution is 7.85. The van der Waals surface area contributed by atoms with E-state index in [0.29, 0.717) is 32.9 Å². The molecular formula is C18H14N6O2S2. The predicted octanol–water partition coefficient (Wildman–Crippen LogP) is 1.61. The molecule has 0 amide bonds. The fourth-order valence-electron chi connectivity index (χ4n) is 3.07. The van der Waals surface area contributed by atoms with Crippen LogP contribution in [0.25, 0.3) is 0 Å². The van der Waals surface area contributed by atoms with Crippen molar-refractivity contribution in [2.75, 3.05) is 0 Å². The summed E-state index contributed by atoms with van der Waals surface area (Å²) in [6, 6.07) is 18.3. The highest BCUT2D eigenvalue weighted by atomic mass is 32.2. The van der Waals surface area contributed by atoms with Gasteiger partial charge in [0.2, 0.25) is 0 Å². The van der Waals surface area contributed by atoms with Gasteiger partial charge in [-0.25, -0.2) is 17.8 Å². The number of hydrogen-bond donors (Lipinski definition) is 0. The minimum absolute atomic E-state index is 0.329. The Kier molecular flexibility index (Phi) is 4.21. The number of nitrogens with zero attached hydrogens (tertiary/aromatic N) is 6. The Morgan fingerprint density at radius 1 is 0.643 bits per heavy atom. The lowest BCUT2D eigenvalue weighted by atomic mass is 10.3. The van der Waals surface area contributed by atoms with Crippen LogP contribution in [0, 0.1) is 0 Å². The first-order valence-electron chi connectivity index (χ1n) is 8.51. The largest absolute Gasteiger partial charge is 0.247 e. The zero-order chi connectivity index (χ0) is 19.1. The summed E-state index contributed by atoms with van der Waals surface area (Å²) in [6.45, 7) is 0.657. The molecule has 28 heavy (non-hydrogen) atoms. The molecule has 3 heterocycles. The van der Waals surface area contributed by atoms with E-state index in [9.17, 15) is 8.42 Å². The Balaban J connectivity index is 1.49. The zero-order valence-corrected chi connectivity index (χ0v) is 16.1. The Labute approximate surface area is 165 Å². The molecule has 0 bridgehead atoms. The van der Waals surface area contributed by atoms with Gasteiger partial charge < -0.3 is 0 Å². The van der Waals surface area contributed by atoms with Crippen molar-refractivity contribution in [2.45, 2.75) is 32.9 Å². The maximum Gasteiger partial charge on any atom is 0.179 e. The first-order chi connectivity index (χ1) is 13.7. The Bertz CT molecular complexity index is 1110. The van der Waals surface area contributed by atoms with Crippen molar-refractivity contribution in [3.05, 3.63) is 72.1 Å². The lowest BCUT2D eigenvalue weighted by Crippen LogP contribution is -2.22. The Hall–Kier alpha value is -2.98. The third-order valence-corrected chi connectivity index (χ3v) is 7.21. The average Bonchev–Trinajstić information content (AvgIpc) is 3.36. The van der Waals surface area contributed by atoms with Crippen LogP contribution in [0.3, 0.4) is 0 Å². The van der Waals surface area contributed by atoms with Crippen LogP contribution in [-0.4, -0.2) is 38.4 Å². The second kappa shape index (κ2) is 6.88. The van der Waals surface area contributed by atoms with E-state index >= 15 is 0 Å². The molecule has 0 radical (unpaired) electrons. The van der Waals surface area contributed by atoms with Crippen molar-refractivity contribution in [3.63, 3.8) is 0 Å². The van der Waals surface area contributed by atoms with Gasteiger partial charge in [-0.05, 0) is 24.3 Å². The van der Waals surface area contributed by atoms with Gasteiger partial charge in [0.1, 0.15) is 21.6 Å². The van der Waals surface area contributed by atoms with Gasteiger partial charge in [-0.1, -0.05) is 46.8 Å². The van der Waals surface area contributed by atoms with Crippen LogP contribution in [-0.2, 0) is 34.7 Å². The van der Waals surface area contributed by atoms with E-state index in [1.807, 2.05) is 36.4 Å². The maximum absolute atomic E-state index is 12.9. The molecule has 1 aliphatic rings. The van der Waals surface area contributed by atoms with Gasteiger partial charge in [0.25, 0.3) is 0 Å². The standard InChI is InChI=1S/C18H14N6O2S2/c25-27(13-7-3-1-4-8-13)17-15-11-24-16(12-23(15)21-19-17)18(20-22-24)28(26)14-9-5-2-6-10-14/h1-10H,11-12H2. The number of aromatic nitrogens is 6. The van der Waals surface area contributed by atoms with Crippen LogP contribution >= 0.6 is 0 Å². The topological polar surface area (TPSA) is 95.6 Å². The number of benzene rings is 2. The third-order valence-electron chi connectivity index (χ3n) is 4.47. The second-order valence-electron chi connectivity index (χ2n) is 6.16. The summed E-state index contributed by atoms with van der Waals surface area (Å²) >= 11 is 0.